The number of halogens is 1. The van der Waals surface area contributed by atoms with Crippen LogP contribution in [0.5, 0.6) is 0 Å². The van der Waals surface area contributed by atoms with Gasteiger partial charge in [0.25, 0.3) is 0 Å². The molecule has 78 valence electrons. The van der Waals surface area contributed by atoms with Crippen molar-refractivity contribution in [3.8, 4) is 0 Å². The number of rotatable bonds is 5. The fourth-order valence-corrected chi connectivity index (χ4v) is 2.36. The molecule has 1 heterocycles. The molecular weight excluding hydrogens is 260 g/mol. The van der Waals surface area contributed by atoms with Crippen molar-refractivity contribution in [2.45, 2.75) is 6.54 Å². The SMILES string of the molecule is CN(CC=CCN)Cc1csc(Br)c1. The molecule has 0 saturated carbocycles. The molecule has 0 aliphatic heterocycles. The van der Waals surface area contributed by atoms with E-state index in [-0.39, 0.29) is 0 Å². The van der Waals surface area contributed by atoms with Crippen LogP contribution in [0.3, 0.4) is 0 Å². The van der Waals surface area contributed by atoms with E-state index in [0.29, 0.717) is 6.54 Å². The highest BCUT2D eigenvalue weighted by Crippen LogP contribution is 2.21. The van der Waals surface area contributed by atoms with Crippen molar-refractivity contribution in [1.82, 2.24) is 4.90 Å². The van der Waals surface area contributed by atoms with Gasteiger partial charge in [-0.3, -0.25) is 4.90 Å². The van der Waals surface area contributed by atoms with Crippen LogP contribution in [-0.4, -0.2) is 25.0 Å². The molecule has 0 radical (unpaired) electrons. The quantitative estimate of drug-likeness (QED) is 0.836. The fourth-order valence-electron chi connectivity index (χ4n) is 1.16. The van der Waals surface area contributed by atoms with Crippen LogP contribution < -0.4 is 5.73 Å². The topological polar surface area (TPSA) is 29.3 Å². The average Bonchev–Trinajstić information content (AvgIpc) is 2.52. The van der Waals surface area contributed by atoms with Gasteiger partial charge in [0.2, 0.25) is 0 Å². The molecule has 0 fully saturated rings. The van der Waals surface area contributed by atoms with E-state index in [9.17, 15) is 0 Å². The standard InChI is InChI=1S/C10H15BrN2S/c1-13(5-3-2-4-12)7-9-6-10(11)14-8-9/h2-3,6,8H,4-5,7,12H2,1H3. The number of nitrogens with two attached hydrogens (primary N) is 1. The predicted molar refractivity (Wildman–Crippen MR) is 66.5 cm³/mol. The third kappa shape index (κ3) is 4.37. The molecule has 4 heteroatoms. The monoisotopic (exact) mass is 274 g/mol. The maximum Gasteiger partial charge on any atom is 0.0701 e. The summed E-state index contributed by atoms with van der Waals surface area (Å²) < 4.78 is 1.19. The van der Waals surface area contributed by atoms with Gasteiger partial charge in [-0.1, -0.05) is 12.2 Å². The Kier molecular flexibility index (Phi) is 5.40. The lowest BCUT2D eigenvalue weighted by Crippen LogP contribution is -2.17. The maximum atomic E-state index is 5.36. The molecule has 0 bridgehead atoms. The minimum Gasteiger partial charge on any atom is -0.327 e. The van der Waals surface area contributed by atoms with E-state index in [4.69, 9.17) is 5.73 Å². The normalized spacial score (nSPS) is 11.7. The van der Waals surface area contributed by atoms with Crippen molar-refractivity contribution in [2.75, 3.05) is 20.1 Å². The van der Waals surface area contributed by atoms with Crippen LogP contribution in [0.15, 0.2) is 27.4 Å². The Bertz CT molecular complexity index is 296. The van der Waals surface area contributed by atoms with Gasteiger partial charge in [0.05, 0.1) is 3.79 Å². The van der Waals surface area contributed by atoms with Crippen molar-refractivity contribution in [3.05, 3.63) is 32.9 Å². The van der Waals surface area contributed by atoms with Crippen LogP contribution in [0, 0.1) is 0 Å². The molecule has 0 saturated heterocycles. The summed E-state index contributed by atoms with van der Waals surface area (Å²) in [6, 6.07) is 2.16. The van der Waals surface area contributed by atoms with E-state index >= 15 is 0 Å². The second-order valence-corrected chi connectivity index (χ2v) is 5.45. The molecular formula is C10H15BrN2S. The zero-order valence-electron chi connectivity index (χ0n) is 8.24. The van der Waals surface area contributed by atoms with Crippen molar-refractivity contribution >= 4 is 27.3 Å². The molecule has 1 rings (SSSR count). The summed E-state index contributed by atoms with van der Waals surface area (Å²) in [6.45, 7) is 2.56. The van der Waals surface area contributed by atoms with Crippen LogP contribution in [0.4, 0.5) is 0 Å². The van der Waals surface area contributed by atoms with E-state index < -0.39 is 0 Å². The highest BCUT2D eigenvalue weighted by atomic mass is 79.9. The highest BCUT2D eigenvalue weighted by molar-refractivity contribution is 9.11. The smallest absolute Gasteiger partial charge is 0.0701 e. The lowest BCUT2D eigenvalue weighted by Gasteiger charge is -2.12. The Balaban J connectivity index is 2.33. The lowest BCUT2D eigenvalue weighted by molar-refractivity contribution is 0.363. The third-order valence-electron chi connectivity index (χ3n) is 1.79. The first-order chi connectivity index (χ1) is 6.72. The molecule has 0 aromatic carbocycles. The van der Waals surface area contributed by atoms with E-state index in [0.717, 1.165) is 13.1 Å². The minimum atomic E-state index is 0.623. The van der Waals surface area contributed by atoms with Gasteiger partial charge in [0, 0.05) is 19.6 Å². The Labute approximate surface area is 97.5 Å². The van der Waals surface area contributed by atoms with Crippen LogP contribution in [-0.2, 0) is 6.54 Å². The van der Waals surface area contributed by atoms with Gasteiger partial charge >= 0.3 is 0 Å². The Morgan fingerprint density at radius 2 is 2.36 bits per heavy atom. The molecule has 0 unspecified atom stereocenters. The summed E-state index contributed by atoms with van der Waals surface area (Å²) >= 11 is 5.18. The van der Waals surface area contributed by atoms with Gasteiger partial charge in [0.15, 0.2) is 0 Å². The molecule has 2 N–H and O–H groups in total. The van der Waals surface area contributed by atoms with Crippen LogP contribution in [0.25, 0.3) is 0 Å². The zero-order chi connectivity index (χ0) is 10.4. The molecule has 14 heavy (non-hydrogen) atoms. The molecule has 1 aromatic heterocycles. The van der Waals surface area contributed by atoms with E-state index in [1.807, 2.05) is 6.08 Å². The Hall–Kier alpha value is -0.160. The molecule has 0 amide bonds. The van der Waals surface area contributed by atoms with Gasteiger partial charge in [0.1, 0.15) is 0 Å². The maximum absolute atomic E-state index is 5.36. The first-order valence-corrected chi connectivity index (χ1v) is 6.16. The average molecular weight is 275 g/mol. The Morgan fingerprint density at radius 3 is 2.93 bits per heavy atom. The first kappa shape index (κ1) is 11.9. The molecule has 0 atom stereocenters. The summed E-state index contributed by atoms with van der Waals surface area (Å²) in [5.41, 5.74) is 6.71. The lowest BCUT2D eigenvalue weighted by atomic mass is 10.3. The van der Waals surface area contributed by atoms with Gasteiger partial charge < -0.3 is 5.73 Å². The number of hydrogen-bond donors (Lipinski definition) is 1. The van der Waals surface area contributed by atoms with Crippen LogP contribution in [0.1, 0.15) is 5.56 Å². The van der Waals surface area contributed by atoms with Gasteiger partial charge in [-0.15, -0.1) is 11.3 Å². The summed E-state index contributed by atoms with van der Waals surface area (Å²) in [7, 11) is 2.10. The highest BCUT2D eigenvalue weighted by Gasteiger charge is 2.00. The van der Waals surface area contributed by atoms with Gasteiger partial charge in [-0.2, -0.15) is 0 Å². The van der Waals surface area contributed by atoms with Gasteiger partial charge in [-0.05, 0) is 40.0 Å². The second kappa shape index (κ2) is 6.35. The molecule has 1 aromatic rings. The van der Waals surface area contributed by atoms with Crippen LogP contribution >= 0.6 is 27.3 Å². The molecule has 0 aliphatic rings. The van der Waals surface area contributed by atoms with E-state index in [1.54, 1.807) is 11.3 Å². The van der Waals surface area contributed by atoms with Crippen molar-refractivity contribution in [1.29, 1.82) is 0 Å². The summed E-state index contributed by atoms with van der Waals surface area (Å²) in [6.07, 6.45) is 4.08. The van der Waals surface area contributed by atoms with E-state index in [1.165, 1.54) is 9.35 Å². The minimum absolute atomic E-state index is 0.623. The molecule has 0 aliphatic carbocycles. The van der Waals surface area contributed by atoms with E-state index in [2.05, 4.69) is 45.4 Å². The third-order valence-corrected chi connectivity index (χ3v) is 3.35. The zero-order valence-corrected chi connectivity index (χ0v) is 10.6. The summed E-state index contributed by atoms with van der Waals surface area (Å²) in [5.74, 6) is 0. The second-order valence-electron chi connectivity index (χ2n) is 3.16. The fraction of sp³-hybridized carbons (Fsp3) is 0.400. The number of hydrogen-bond acceptors (Lipinski definition) is 3. The van der Waals surface area contributed by atoms with Gasteiger partial charge in [-0.25, -0.2) is 0 Å². The predicted octanol–water partition coefficient (Wildman–Crippen LogP) is 2.46. The number of thiophene rings is 1. The molecule has 0 spiro atoms. The Morgan fingerprint density at radius 1 is 1.57 bits per heavy atom. The van der Waals surface area contributed by atoms with Crippen molar-refractivity contribution in [2.24, 2.45) is 5.73 Å². The summed E-state index contributed by atoms with van der Waals surface area (Å²) in [4.78, 5) is 2.25. The van der Waals surface area contributed by atoms with Crippen LogP contribution in [0.2, 0.25) is 0 Å². The molecule has 2 nitrogen and oxygen atoms in total. The first-order valence-electron chi connectivity index (χ1n) is 4.49. The largest absolute Gasteiger partial charge is 0.327 e. The van der Waals surface area contributed by atoms with Crippen molar-refractivity contribution in [3.63, 3.8) is 0 Å². The number of likely N-dealkylation sites (N-methyl/N-ethyl adjacent to an activating group) is 1. The van der Waals surface area contributed by atoms with Crippen molar-refractivity contribution < 1.29 is 0 Å². The summed E-state index contributed by atoms with van der Waals surface area (Å²) in [5, 5.41) is 2.17. The number of nitrogens with zero attached hydrogens (tertiary/aromatic N) is 1.